The van der Waals surface area contributed by atoms with Gasteiger partial charge in [0.2, 0.25) is 15.9 Å². The minimum atomic E-state index is -3.61. The summed E-state index contributed by atoms with van der Waals surface area (Å²) in [6, 6.07) is 13.6. The monoisotopic (exact) mass is 434 g/mol. The second-order valence-electron chi connectivity index (χ2n) is 6.91. The first kappa shape index (κ1) is 21.9. The summed E-state index contributed by atoms with van der Waals surface area (Å²) >= 11 is 0. The van der Waals surface area contributed by atoms with E-state index in [0.717, 1.165) is 0 Å². The zero-order valence-corrected chi connectivity index (χ0v) is 17.9. The molecule has 3 rings (SSSR count). The molecule has 1 aliphatic heterocycles. The van der Waals surface area contributed by atoms with Crippen molar-refractivity contribution in [2.45, 2.75) is 23.8 Å². The number of nitrogens with zero attached hydrogens (tertiary/aromatic N) is 1. The van der Waals surface area contributed by atoms with E-state index in [1.165, 1.54) is 30.6 Å². The first-order chi connectivity index (χ1) is 14.4. The number of nitrogens with one attached hydrogen (secondary N) is 1. The lowest BCUT2D eigenvalue weighted by atomic mass is 10.2. The van der Waals surface area contributed by atoms with Crippen LogP contribution in [0.3, 0.4) is 0 Å². The van der Waals surface area contributed by atoms with Gasteiger partial charge in [0.25, 0.3) is 0 Å². The van der Waals surface area contributed by atoms with Gasteiger partial charge in [-0.1, -0.05) is 12.1 Å². The Morgan fingerprint density at radius 1 is 1.17 bits per heavy atom. The fraction of sp³-hybridized carbons (Fsp3) is 0.381. The number of hydrogen-bond acceptors (Lipinski definition) is 6. The van der Waals surface area contributed by atoms with Crippen LogP contribution < -0.4 is 19.5 Å². The molecule has 1 amide bonds. The van der Waals surface area contributed by atoms with Crippen LogP contribution in [0.1, 0.15) is 12.8 Å². The zero-order chi connectivity index (χ0) is 21.6. The van der Waals surface area contributed by atoms with Crippen molar-refractivity contribution in [2.24, 2.45) is 0 Å². The summed E-state index contributed by atoms with van der Waals surface area (Å²) in [6.07, 6.45) is 0.358. The van der Waals surface area contributed by atoms with Crippen molar-refractivity contribution in [3.8, 4) is 17.2 Å². The average Bonchev–Trinajstić information content (AvgIpc) is 2.77. The standard InChI is InChI=1S/C21H26N2O6S/c1-23(30(25,26)18-11-9-16(27-2)10-12-18)13-5-8-21(24)22-14-17-15-28-19-6-3-4-7-20(19)29-17/h3-4,6-7,9-12,17H,5,8,13-15H2,1-2H3,(H,22,24). The van der Waals surface area contributed by atoms with Gasteiger partial charge in [0.05, 0.1) is 18.6 Å². The molecule has 0 aliphatic carbocycles. The van der Waals surface area contributed by atoms with Gasteiger partial charge >= 0.3 is 0 Å². The van der Waals surface area contributed by atoms with Crippen LogP contribution in [-0.2, 0) is 14.8 Å². The van der Waals surface area contributed by atoms with Gasteiger partial charge in [-0.2, -0.15) is 0 Å². The predicted octanol–water partition coefficient (Wildman–Crippen LogP) is 2.05. The Balaban J connectivity index is 1.40. The van der Waals surface area contributed by atoms with E-state index in [1.54, 1.807) is 12.1 Å². The van der Waals surface area contributed by atoms with Crippen LogP contribution in [0, 0.1) is 0 Å². The Kier molecular flexibility index (Phi) is 7.17. The lowest BCUT2D eigenvalue weighted by molar-refractivity contribution is -0.121. The van der Waals surface area contributed by atoms with Crippen LogP contribution >= 0.6 is 0 Å². The first-order valence-corrected chi connectivity index (χ1v) is 11.1. The number of carbonyl (C=O) groups is 1. The van der Waals surface area contributed by atoms with Gasteiger partial charge in [-0.05, 0) is 42.8 Å². The number of rotatable bonds is 9. The molecule has 0 bridgehead atoms. The minimum absolute atomic E-state index is 0.160. The molecule has 0 saturated carbocycles. The number of ether oxygens (including phenoxy) is 3. The van der Waals surface area contributed by atoms with Crippen LogP contribution in [0.4, 0.5) is 0 Å². The maximum Gasteiger partial charge on any atom is 0.242 e. The molecule has 0 radical (unpaired) electrons. The Morgan fingerprint density at radius 2 is 1.87 bits per heavy atom. The zero-order valence-electron chi connectivity index (χ0n) is 17.0. The van der Waals surface area contributed by atoms with E-state index < -0.39 is 10.0 Å². The first-order valence-electron chi connectivity index (χ1n) is 9.65. The summed E-state index contributed by atoms with van der Waals surface area (Å²) in [5.74, 6) is 1.78. The molecule has 0 fully saturated rings. The van der Waals surface area contributed by atoms with Crippen molar-refractivity contribution >= 4 is 15.9 Å². The van der Waals surface area contributed by atoms with Gasteiger partial charge in [-0.15, -0.1) is 0 Å². The second kappa shape index (κ2) is 9.82. The number of para-hydroxylation sites is 2. The molecular weight excluding hydrogens is 408 g/mol. The molecule has 0 spiro atoms. The van der Waals surface area contributed by atoms with Crippen molar-refractivity contribution in [1.29, 1.82) is 0 Å². The number of carbonyl (C=O) groups excluding carboxylic acids is 1. The summed E-state index contributed by atoms with van der Waals surface area (Å²) < 4.78 is 42.9. The third-order valence-corrected chi connectivity index (χ3v) is 6.61. The SMILES string of the molecule is COc1ccc(S(=O)(=O)N(C)CCCC(=O)NCC2COc3ccccc3O2)cc1. The summed E-state index contributed by atoms with van der Waals surface area (Å²) in [5, 5.41) is 2.81. The maximum atomic E-state index is 12.6. The maximum absolute atomic E-state index is 12.6. The molecular formula is C21H26N2O6S. The Hall–Kier alpha value is -2.78. The molecule has 1 N–H and O–H groups in total. The number of fused-ring (bicyclic) bond motifs is 1. The fourth-order valence-electron chi connectivity index (χ4n) is 2.99. The van der Waals surface area contributed by atoms with E-state index in [-0.39, 0.29) is 29.9 Å². The van der Waals surface area contributed by atoms with Gasteiger partial charge in [-0.3, -0.25) is 4.79 Å². The highest BCUT2D eigenvalue weighted by Gasteiger charge is 2.22. The average molecular weight is 435 g/mol. The molecule has 1 unspecified atom stereocenters. The number of methoxy groups -OCH3 is 1. The fourth-order valence-corrected chi connectivity index (χ4v) is 4.20. The molecule has 1 heterocycles. The molecule has 162 valence electrons. The van der Waals surface area contributed by atoms with Crippen LogP contribution in [0.5, 0.6) is 17.2 Å². The quantitative estimate of drug-likeness (QED) is 0.649. The predicted molar refractivity (Wildman–Crippen MR) is 111 cm³/mol. The van der Waals surface area contributed by atoms with Crippen molar-refractivity contribution in [1.82, 2.24) is 9.62 Å². The van der Waals surface area contributed by atoms with Gasteiger partial charge in [0.15, 0.2) is 11.5 Å². The molecule has 2 aromatic carbocycles. The Morgan fingerprint density at radius 3 is 2.57 bits per heavy atom. The summed E-state index contributed by atoms with van der Waals surface area (Å²) in [7, 11) is -0.587. The highest BCUT2D eigenvalue weighted by molar-refractivity contribution is 7.89. The Labute approximate surface area is 176 Å². The van der Waals surface area contributed by atoms with E-state index >= 15 is 0 Å². The van der Waals surface area contributed by atoms with Crippen LogP contribution in [0.2, 0.25) is 0 Å². The highest BCUT2D eigenvalue weighted by atomic mass is 32.2. The minimum Gasteiger partial charge on any atom is -0.497 e. The van der Waals surface area contributed by atoms with Gasteiger partial charge in [0, 0.05) is 20.0 Å². The summed E-state index contributed by atoms with van der Waals surface area (Å²) in [4.78, 5) is 12.3. The van der Waals surface area contributed by atoms with E-state index in [9.17, 15) is 13.2 Å². The third kappa shape index (κ3) is 5.43. The normalized spacial score (nSPS) is 15.6. The smallest absolute Gasteiger partial charge is 0.242 e. The third-order valence-electron chi connectivity index (χ3n) is 4.74. The lowest BCUT2D eigenvalue weighted by Crippen LogP contribution is -2.40. The van der Waals surface area contributed by atoms with E-state index in [2.05, 4.69) is 5.32 Å². The summed E-state index contributed by atoms with van der Waals surface area (Å²) in [6.45, 7) is 0.922. The second-order valence-corrected chi connectivity index (χ2v) is 8.95. The molecule has 1 atom stereocenters. The van der Waals surface area contributed by atoms with Crippen LogP contribution in [0.25, 0.3) is 0 Å². The largest absolute Gasteiger partial charge is 0.497 e. The van der Waals surface area contributed by atoms with Crippen LogP contribution in [-0.4, -0.2) is 58.6 Å². The van der Waals surface area contributed by atoms with E-state index in [4.69, 9.17) is 14.2 Å². The molecule has 1 aliphatic rings. The molecule has 30 heavy (non-hydrogen) atoms. The van der Waals surface area contributed by atoms with Crippen molar-refractivity contribution in [3.63, 3.8) is 0 Å². The van der Waals surface area contributed by atoms with Crippen molar-refractivity contribution < 1.29 is 27.4 Å². The Bertz CT molecular complexity index is 962. The van der Waals surface area contributed by atoms with Gasteiger partial charge in [-0.25, -0.2) is 12.7 Å². The van der Waals surface area contributed by atoms with Gasteiger partial charge < -0.3 is 19.5 Å². The number of sulfonamides is 1. The highest BCUT2D eigenvalue weighted by Crippen LogP contribution is 2.30. The van der Waals surface area contributed by atoms with E-state index in [0.29, 0.717) is 36.8 Å². The van der Waals surface area contributed by atoms with Crippen LogP contribution in [0.15, 0.2) is 53.4 Å². The summed E-state index contributed by atoms with van der Waals surface area (Å²) in [5.41, 5.74) is 0. The molecule has 9 heteroatoms. The molecule has 0 aromatic heterocycles. The molecule has 8 nitrogen and oxygen atoms in total. The van der Waals surface area contributed by atoms with E-state index in [1.807, 2.05) is 24.3 Å². The number of benzene rings is 2. The topological polar surface area (TPSA) is 94.2 Å². The van der Waals surface area contributed by atoms with Crippen molar-refractivity contribution in [3.05, 3.63) is 48.5 Å². The lowest BCUT2D eigenvalue weighted by Gasteiger charge is -2.26. The van der Waals surface area contributed by atoms with Crippen molar-refractivity contribution in [2.75, 3.05) is 33.9 Å². The molecule has 2 aromatic rings. The van der Waals surface area contributed by atoms with Gasteiger partial charge in [0.1, 0.15) is 18.5 Å². The molecule has 0 saturated heterocycles. The number of hydrogen-bond donors (Lipinski definition) is 1. The number of amides is 1.